The van der Waals surface area contributed by atoms with Gasteiger partial charge in [0.2, 0.25) is 0 Å². The van der Waals surface area contributed by atoms with E-state index in [9.17, 15) is 0 Å². The Hall–Kier alpha value is -2.58. The molecule has 5 rings (SSSR count). The average Bonchev–Trinajstić information content (AvgIpc) is 3.08. The number of aromatic amines is 1. The fraction of sp³-hybridized carbons (Fsp3) is 0.280. The van der Waals surface area contributed by atoms with Crippen LogP contribution in [0.2, 0.25) is 0 Å². The van der Waals surface area contributed by atoms with Crippen LogP contribution in [0, 0.1) is 6.92 Å². The van der Waals surface area contributed by atoms with Gasteiger partial charge in [0.25, 0.3) is 0 Å². The minimum Gasteiger partial charge on any atom is -0.357 e. The number of para-hydroxylation sites is 1. The average molecular weight is 354 g/mol. The highest BCUT2D eigenvalue weighted by atomic mass is 15.2. The lowest BCUT2D eigenvalue weighted by atomic mass is 9.94. The van der Waals surface area contributed by atoms with E-state index < -0.39 is 0 Å². The van der Waals surface area contributed by atoms with Gasteiger partial charge in [-0.05, 0) is 47.2 Å². The van der Waals surface area contributed by atoms with Crippen molar-refractivity contribution < 1.29 is 0 Å². The van der Waals surface area contributed by atoms with Crippen LogP contribution in [-0.2, 0) is 13.0 Å². The number of nitrogens with zero attached hydrogens (tertiary/aromatic N) is 1. The van der Waals surface area contributed by atoms with Crippen LogP contribution < -0.4 is 0 Å². The van der Waals surface area contributed by atoms with E-state index in [1.165, 1.54) is 44.1 Å². The molecule has 1 aliphatic heterocycles. The first-order chi connectivity index (χ1) is 13.3. The molecular weight excluding hydrogens is 328 g/mol. The van der Waals surface area contributed by atoms with Crippen LogP contribution in [0.4, 0.5) is 0 Å². The van der Waals surface area contributed by atoms with E-state index >= 15 is 0 Å². The van der Waals surface area contributed by atoms with Crippen molar-refractivity contribution in [3.05, 3.63) is 83.0 Å². The molecule has 0 saturated heterocycles. The zero-order chi connectivity index (χ0) is 18.4. The molecule has 2 heterocycles. The predicted octanol–water partition coefficient (Wildman–Crippen LogP) is 6.14. The van der Waals surface area contributed by atoms with Crippen LogP contribution >= 0.6 is 0 Å². The summed E-state index contributed by atoms with van der Waals surface area (Å²) in [5, 5.41) is 4.14. The summed E-state index contributed by atoms with van der Waals surface area (Å²) in [6, 6.07) is 22.6. The molecule has 0 spiro atoms. The number of hydrogen-bond donors (Lipinski definition) is 1. The summed E-state index contributed by atoms with van der Waals surface area (Å²) in [6.07, 6.45) is 2.25. The Bertz CT molecular complexity index is 1120. The van der Waals surface area contributed by atoms with Crippen molar-refractivity contribution in [2.24, 2.45) is 0 Å². The van der Waals surface area contributed by atoms with E-state index in [0.29, 0.717) is 6.04 Å². The summed E-state index contributed by atoms with van der Waals surface area (Å²) < 4.78 is 0. The summed E-state index contributed by atoms with van der Waals surface area (Å²) in [5.41, 5.74) is 7.08. The van der Waals surface area contributed by atoms with E-state index in [2.05, 4.69) is 84.4 Å². The van der Waals surface area contributed by atoms with Crippen molar-refractivity contribution in [2.45, 2.75) is 39.3 Å². The lowest BCUT2D eigenvalue weighted by Gasteiger charge is -2.35. The van der Waals surface area contributed by atoms with Gasteiger partial charge in [-0.15, -0.1) is 0 Å². The number of fused-ring (bicyclic) bond motifs is 4. The van der Waals surface area contributed by atoms with Gasteiger partial charge in [-0.3, -0.25) is 4.90 Å². The molecule has 0 fully saturated rings. The van der Waals surface area contributed by atoms with E-state index in [0.717, 1.165) is 25.9 Å². The first-order valence-electron chi connectivity index (χ1n) is 10.1. The Morgan fingerprint density at radius 1 is 0.963 bits per heavy atom. The molecule has 1 aromatic heterocycles. The molecule has 0 aliphatic carbocycles. The monoisotopic (exact) mass is 354 g/mol. The second-order valence-electron chi connectivity index (χ2n) is 7.80. The van der Waals surface area contributed by atoms with Crippen molar-refractivity contribution in [3.63, 3.8) is 0 Å². The lowest BCUT2D eigenvalue weighted by molar-refractivity contribution is 0.169. The second-order valence-corrected chi connectivity index (χ2v) is 7.80. The molecule has 2 heteroatoms. The third-order valence-corrected chi connectivity index (χ3v) is 6.25. The van der Waals surface area contributed by atoms with Crippen molar-refractivity contribution in [3.8, 4) is 0 Å². The molecule has 0 amide bonds. The standard InChI is InChI=1S/C25H26N2/c1-3-23-25-22(21-13-6-8-17(2)24(21)26-25)14-15-27(23)16-19-11-7-10-18-9-4-5-12-20(18)19/h4-13,23,26H,3,14-16H2,1-2H3/t23-/m1/s1. The summed E-state index contributed by atoms with van der Waals surface area (Å²) in [5.74, 6) is 0. The van der Waals surface area contributed by atoms with Crippen LogP contribution in [0.5, 0.6) is 0 Å². The zero-order valence-electron chi connectivity index (χ0n) is 16.1. The molecule has 0 bridgehead atoms. The number of aryl methyl sites for hydroxylation is 1. The minimum atomic E-state index is 0.458. The summed E-state index contributed by atoms with van der Waals surface area (Å²) in [4.78, 5) is 6.46. The van der Waals surface area contributed by atoms with E-state index in [-0.39, 0.29) is 0 Å². The van der Waals surface area contributed by atoms with Gasteiger partial charge in [0.1, 0.15) is 0 Å². The largest absolute Gasteiger partial charge is 0.357 e. The summed E-state index contributed by atoms with van der Waals surface area (Å²) in [7, 11) is 0. The lowest BCUT2D eigenvalue weighted by Crippen LogP contribution is -2.34. The molecule has 0 unspecified atom stereocenters. The third kappa shape index (κ3) is 2.67. The minimum absolute atomic E-state index is 0.458. The van der Waals surface area contributed by atoms with Gasteiger partial charge in [-0.25, -0.2) is 0 Å². The number of aromatic nitrogens is 1. The van der Waals surface area contributed by atoms with E-state index in [4.69, 9.17) is 0 Å². The van der Waals surface area contributed by atoms with Crippen molar-refractivity contribution in [1.82, 2.24) is 9.88 Å². The molecular formula is C25H26N2. The van der Waals surface area contributed by atoms with E-state index in [1.807, 2.05) is 0 Å². The van der Waals surface area contributed by atoms with Gasteiger partial charge < -0.3 is 4.98 Å². The molecule has 1 aliphatic rings. The number of benzene rings is 3. The van der Waals surface area contributed by atoms with Crippen molar-refractivity contribution >= 4 is 21.7 Å². The Kier molecular flexibility index (Phi) is 4.02. The normalized spacial score (nSPS) is 17.5. The SMILES string of the molecule is CC[C@@H]1c2[nH]c3c(C)cccc3c2CCN1Cc1cccc2ccccc12. The number of hydrogen-bond acceptors (Lipinski definition) is 1. The summed E-state index contributed by atoms with van der Waals surface area (Å²) in [6.45, 7) is 6.65. The van der Waals surface area contributed by atoms with Gasteiger partial charge in [-0.1, -0.05) is 67.6 Å². The highest BCUT2D eigenvalue weighted by Crippen LogP contribution is 2.38. The molecule has 1 atom stereocenters. The molecule has 3 aromatic carbocycles. The second kappa shape index (κ2) is 6.54. The smallest absolute Gasteiger partial charge is 0.0502 e. The van der Waals surface area contributed by atoms with Crippen LogP contribution in [0.1, 0.15) is 41.8 Å². The van der Waals surface area contributed by atoms with Crippen LogP contribution in [0.3, 0.4) is 0 Å². The molecule has 0 saturated carbocycles. The Labute approximate surface area is 160 Å². The molecule has 0 radical (unpaired) electrons. The molecule has 2 nitrogen and oxygen atoms in total. The van der Waals surface area contributed by atoms with E-state index in [1.54, 1.807) is 0 Å². The zero-order valence-corrected chi connectivity index (χ0v) is 16.1. The third-order valence-electron chi connectivity index (χ3n) is 6.25. The van der Waals surface area contributed by atoms with Gasteiger partial charge in [0.05, 0.1) is 6.04 Å². The number of rotatable bonds is 3. The quantitative estimate of drug-likeness (QED) is 0.468. The van der Waals surface area contributed by atoms with Gasteiger partial charge in [0.15, 0.2) is 0 Å². The molecule has 1 N–H and O–H groups in total. The van der Waals surface area contributed by atoms with Gasteiger partial charge >= 0.3 is 0 Å². The van der Waals surface area contributed by atoms with Crippen molar-refractivity contribution in [2.75, 3.05) is 6.54 Å². The Morgan fingerprint density at radius 3 is 2.63 bits per heavy atom. The maximum atomic E-state index is 3.80. The van der Waals surface area contributed by atoms with Crippen LogP contribution in [0.15, 0.2) is 60.7 Å². The van der Waals surface area contributed by atoms with Gasteiger partial charge in [-0.2, -0.15) is 0 Å². The number of H-pyrrole nitrogens is 1. The molecule has 136 valence electrons. The molecule has 4 aromatic rings. The van der Waals surface area contributed by atoms with Crippen LogP contribution in [0.25, 0.3) is 21.7 Å². The Morgan fingerprint density at radius 2 is 1.74 bits per heavy atom. The van der Waals surface area contributed by atoms with Crippen molar-refractivity contribution in [1.29, 1.82) is 0 Å². The first-order valence-corrected chi connectivity index (χ1v) is 10.1. The maximum absolute atomic E-state index is 3.80. The first kappa shape index (κ1) is 16.6. The molecule has 27 heavy (non-hydrogen) atoms. The fourth-order valence-electron chi connectivity index (χ4n) is 4.89. The van der Waals surface area contributed by atoms with Gasteiger partial charge in [0, 0.05) is 29.7 Å². The van der Waals surface area contributed by atoms with Crippen LogP contribution in [-0.4, -0.2) is 16.4 Å². The highest BCUT2D eigenvalue weighted by molar-refractivity contribution is 5.88. The Balaban J connectivity index is 1.55. The number of nitrogens with one attached hydrogen (secondary N) is 1. The summed E-state index contributed by atoms with van der Waals surface area (Å²) >= 11 is 0. The predicted molar refractivity (Wildman–Crippen MR) is 114 cm³/mol. The topological polar surface area (TPSA) is 19.0 Å². The fourth-order valence-corrected chi connectivity index (χ4v) is 4.89. The maximum Gasteiger partial charge on any atom is 0.0502 e. The highest BCUT2D eigenvalue weighted by Gasteiger charge is 2.29.